The highest BCUT2D eigenvalue weighted by atomic mass is 19.1. The van der Waals surface area contributed by atoms with E-state index >= 15 is 4.39 Å². The number of hydrogen-bond acceptors (Lipinski definition) is 4. The second kappa shape index (κ2) is 8.76. The van der Waals surface area contributed by atoms with Crippen LogP contribution < -0.4 is 10.6 Å². The predicted octanol–water partition coefficient (Wildman–Crippen LogP) is 5.86. The first-order chi connectivity index (χ1) is 16.4. The lowest BCUT2D eigenvalue weighted by Crippen LogP contribution is -2.40. The zero-order valence-corrected chi connectivity index (χ0v) is 18.1. The van der Waals surface area contributed by atoms with Gasteiger partial charge >= 0.3 is 0 Å². The second-order valence-corrected chi connectivity index (χ2v) is 8.31. The van der Waals surface area contributed by atoms with Crippen molar-refractivity contribution in [1.82, 2.24) is 9.97 Å². The van der Waals surface area contributed by atoms with Crippen LogP contribution in [0.4, 0.5) is 24.8 Å². The zero-order chi connectivity index (χ0) is 23.8. The molecule has 5 nitrogen and oxygen atoms in total. The Morgan fingerprint density at radius 3 is 2.32 bits per heavy atom. The van der Waals surface area contributed by atoms with Crippen LogP contribution in [0.1, 0.15) is 12.8 Å². The van der Waals surface area contributed by atoms with E-state index in [-0.39, 0.29) is 22.8 Å². The molecule has 3 aromatic carbocycles. The Balaban J connectivity index is 1.75. The van der Waals surface area contributed by atoms with Gasteiger partial charge in [0.1, 0.15) is 23.0 Å². The summed E-state index contributed by atoms with van der Waals surface area (Å²) in [6, 6.07) is 13.2. The van der Waals surface area contributed by atoms with Crippen molar-refractivity contribution >= 4 is 22.5 Å². The number of aromatic nitrogens is 2. The maximum absolute atomic E-state index is 15.4. The van der Waals surface area contributed by atoms with Gasteiger partial charge in [-0.25, -0.2) is 28.0 Å². The van der Waals surface area contributed by atoms with Crippen molar-refractivity contribution < 1.29 is 13.2 Å². The van der Waals surface area contributed by atoms with Gasteiger partial charge in [-0.05, 0) is 42.7 Å². The molecule has 8 heteroatoms. The quantitative estimate of drug-likeness (QED) is 0.390. The second-order valence-electron chi connectivity index (χ2n) is 8.31. The van der Waals surface area contributed by atoms with Crippen LogP contribution in [0.25, 0.3) is 38.1 Å². The van der Waals surface area contributed by atoms with Gasteiger partial charge in [0.05, 0.1) is 12.3 Å². The maximum Gasteiger partial charge on any atom is 0.226 e. The van der Waals surface area contributed by atoms with Crippen LogP contribution in [-0.4, -0.2) is 29.1 Å². The molecule has 5 rings (SSSR count). The summed E-state index contributed by atoms with van der Waals surface area (Å²) in [5.74, 6) is -1.50. The van der Waals surface area contributed by atoms with E-state index in [1.165, 1.54) is 24.3 Å². The molecule has 0 atom stereocenters. The molecule has 34 heavy (non-hydrogen) atoms. The Morgan fingerprint density at radius 1 is 0.882 bits per heavy atom. The van der Waals surface area contributed by atoms with Crippen molar-refractivity contribution in [2.75, 3.05) is 18.0 Å². The average Bonchev–Trinajstić information content (AvgIpc) is 2.84. The molecule has 1 aromatic heterocycles. The number of fused-ring (bicyclic) bond motifs is 1. The van der Waals surface area contributed by atoms with E-state index in [1.54, 1.807) is 30.3 Å². The Morgan fingerprint density at radius 2 is 1.62 bits per heavy atom. The molecule has 170 valence electrons. The van der Waals surface area contributed by atoms with E-state index in [0.29, 0.717) is 41.2 Å². The normalized spacial score (nSPS) is 14.4. The van der Waals surface area contributed by atoms with E-state index in [1.807, 2.05) is 4.90 Å². The lowest BCUT2D eigenvalue weighted by molar-refractivity contribution is 0.496. The van der Waals surface area contributed by atoms with Gasteiger partial charge in [0, 0.05) is 35.6 Å². The van der Waals surface area contributed by atoms with Gasteiger partial charge < -0.3 is 10.6 Å². The van der Waals surface area contributed by atoms with Gasteiger partial charge in [-0.15, -0.1) is 0 Å². The fraction of sp³-hybridized carbons (Fsp3) is 0.192. The standard InChI is InChI=1S/C26H20F3N5/c1-31-23-7-6-15(13-21(23)28)24-19-12-16(18-4-2-3-5-20(18)27)14-22(29)25(19)33-26(32-24)34-10-8-17(30)9-11-34/h2-7,12-14,17H,8-11,30H2. The number of halogens is 3. The first-order valence-electron chi connectivity index (χ1n) is 10.9. The van der Waals surface area contributed by atoms with E-state index in [0.717, 1.165) is 12.8 Å². The largest absolute Gasteiger partial charge is 0.341 e. The van der Waals surface area contributed by atoms with E-state index in [9.17, 15) is 8.78 Å². The molecule has 0 bridgehead atoms. The van der Waals surface area contributed by atoms with Crippen molar-refractivity contribution in [3.8, 4) is 22.4 Å². The number of rotatable bonds is 3. The molecule has 2 N–H and O–H groups in total. The maximum atomic E-state index is 15.4. The monoisotopic (exact) mass is 459 g/mol. The van der Waals surface area contributed by atoms with Crippen molar-refractivity contribution in [2.24, 2.45) is 5.73 Å². The summed E-state index contributed by atoms with van der Waals surface area (Å²) >= 11 is 0. The van der Waals surface area contributed by atoms with Crippen molar-refractivity contribution in [3.05, 3.63) is 83.5 Å². The highest BCUT2D eigenvalue weighted by Gasteiger charge is 2.22. The minimum absolute atomic E-state index is 0.0598. The molecule has 4 aromatic rings. The summed E-state index contributed by atoms with van der Waals surface area (Å²) in [6.45, 7) is 8.34. The lowest BCUT2D eigenvalue weighted by atomic mass is 9.99. The van der Waals surface area contributed by atoms with Gasteiger partial charge in [0.2, 0.25) is 11.6 Å². The number of anilines is 1. The first kappa shape index (κ1) is 21.9. The SMILES string of the molecule is [C-]#[N+]c1ccc(-c2nc(N3CCC(N)CC3)nc3c(F)cc(-c4ccccc4F)cc23)cc1F. The number of hydrogen-bond donors (Lipinski definition) is 1. The summed E-state index contributed by atoms with van der Waals surface area (Å²) in [5.41, 5.74) is 7.19. The predicted molar refractivity (Wildman–Crippen MR) is 126 cm³/mol. The van der Waals surface area contributed by atoms with Gasteiger partial charge in [-0.2, -0.15) is 0 Å². The molecule has 2 heterocycles. The Hall–Kier alpha value is -3.96. The lowest BCUT2D eigenvalue weighted by Gasteiger charge is -2.30. The summed E-state index contributed by atoms with van der Waals surface area (Å²) < 4.78 is 44.4. The number of benzene rings is 3. The van der Waals surface area contributed by atoms with Gasteiger partial charge in [0.25, 0.3) is 0 Å². The third kappa shape index (κ3) is 3.95. The average molecular weight is 459 g/mol. The van der Waals surface area contributed by atoms with Crippen LogP contribution >= 0.6 is 0 Å². The van der Waals surface area contributed by atoms with E-state index < -0.39 is 17.5 Å². The molecule has 1 fully saturated rings. The van der Waals surface area contributed by atoms with Crippen molar-refractivity contribution in [2.45, 2.75) is 18.9 Å². The molecule has 0 radical (unpaired) electrons. The molecular weight excluding hydrogens is 439 g/mol. The number of nitrogens with two attached hydrogens (primary N) is 1. The fourth-order valence-electron chi connectivity index (χ4n) is 4.24. The summed E-state index contributed by atoms with van der Waals surface area (Å²) in [5, 5.41) is 0.325. The smallest absolute Gasteiger partial charge is 0.226 e. The molecule has 1 aliphatic rings. The first-order valence-corrected chi connectivity index (χ1v) is 10.9. The van der Waals surface area contributed by atoms with Crippen LogP contribution in [0.5, 0.6) is 0 Å². The van der Waals surface area contributed by atoms with Gasteiger partial charge in [0.15, 0.2) is 0 Å². The van der Waals surface area contributed by atoms with Gasteiger partial charge in [-0.3, -0.25) is 0 Å². The molecule has 0 amide bonds. The third-order valence-corrected chi connectivity index (χ3v) is 6.09. The molecule has 0 aliphatic carbocycles. The van der Waals surface area contributed by atoms with Crippen LogP contribution in [0.2, 0.25) is 0 Å². The number of piperidine rings is 1. The third-order valence-electron chi connectivity index (χ3n) is 6.09. The van der Waals surface area contributed by atoms with Crippen molar-refractivity contribution in [1.29, 1.82) is 0 Å². The minimum Gasteiger partial charge on any atom is -0.341 e. The van der Waals surface area contributed by atoms with Crippen LogP contribution in [-0.2, 0) is 0 Å². The molecule has 1 aliphatic heterocycles. The van der Waals surface area contributed by atoms with E-state index in [2.05, 4.69) is 14.8 Å². The molecule has 0 saturated carbocycles. The summed E-state index contributed by atoms with van der Waals surface area (Å²) in [6.07, 6.45) is 1.50. The van der Waals surface area contributed by atoms with Gasteiger partial charge in [-0.1, -0.05) is 30.3 Å². The summed E-state index contributed by atoms with van der Waals surface area (Å²) in [7, 11) is 0. The minimum atomic E-state index is -0.699. The Bertz CT molecular complexity index is 1440. The molecular formula is C26H20F3N5. The Labute approximate surface area is 194 Å². The number of nitrogens with zero attached hydrogens (tertiary/aromatic N) is 4. The zero-order valence-electron chi connectivity index (χ0n) is 18.1. The highest BCUT2D eigenvalue weighted by molar-refractivity contribution is 5.96. The fourth-order valence-corrected chi connectivity index (χ4v) is 4.24. The molecule has 1 saturated heterocycles. The van der Waals surface area contributed by atoms with Crippen LogP contribution in [0.15, 0.2) is 54.6 Å². The summed E-state index contributed by atoms with van der Waals surface area (Å²) in [4.78, 5) is 14.3. The highest BCUT2D eigenvalue weighted by Crippen LogP contribution is 2.36. The molecule has 0 unspecified atom stereocenters. The van der Waals surface area contributed by atoms with Crippen molar-refractivity contribution in [3.63, 3.8) is 0 Å². The Kier molecular flexibility index (Phi) is 5.64. The van der Waals surface area contributed by atoms with Crippen LogP contribution in [0, 0.1) is 24.0 Å². The molecule has 0 spiro atoms. The van der Waals surface area contributed by atoms with Crippen LogP contribution in [0.3, 0.4) is 0 Å². The topological polar surface area (TPSA) is 59.4 Å². The van der Waals surface area contributed by atoms with E-state index in [4.69, 9.17) is 12.3 Å².